The molecule has 1 aliphatic carbocycles. The molecule has 0 atom stereocenters. The van der Waals surface area contributed by atoms with Gasteiger partial charge in [-0.3, -0.25) is 4.79 Å². The fourth-order valence-electron chi connectivity index (χ4n) is 4.16. The van der Waals surface area contributed by atoms with Gasteiger partial charge in [-0.25, -0.2) is 9.97 Å². The highest BCUT2D eigenvalue weighted by Crippen LogP contribution is 2.55. The average molecular weight is 409 g/mol. The first-order chi connectivity index (χ1) is 12.5. The van der Waals surface area contributed by atoms with Crippen molar-refractivity contribution in [2.75, 3.05) is 5.73 Å². The van der Waals surface area contributed by atoms with Crippen LogP contribution in [0.2, 0.25) is 10.3 Å². The van der Waals surface area contributed by atoms with Crippen LogP contribution >= 0.6 is 23.2 Å². The predicted molar refractivity (Wildman–Crippen MR) is 106 cm³/mol. The molecule has 1 aromatic carbocycles. The molecule has 1 aromatic heterocycles. The molecule has 0 spiro atoms. The van der Waals surface area contributed by atoms with E-state index in [0.717, 1.165) is 0 Å². The third-order valence-corrected chi connectivity index (χ3v) is 5.75. The van der Waals surface area contributed by atoms with Crippen LogP contribution in [-0.4, -0.2) is 28.0 Å². The van der Waals surface area contributed by atoms with Crippen LogP contribution in [0.1, 0.15) is 38.1 Å². The summed E-state index contributed by atoms with van der Waals surface area (Å²) in [4.78, 5) is 20.3. The van der Waals surface area contributed by atoms with Crippen LogP contribution in [0.15, 0.2) is 30.6 Å². The molecule has 0 bridgehead atoms. The van der Waals surface area contributed by atoms with Crippen molar-refractivity contribution in [2.45, 2.75) is 39.8 Å². The highest BCUT2D eigenvalue weighted by atomic mass is 35.5. The standard InChI is InChI=1S/C19H22Cl2N4O2/c1-18(2)15(25-14(26)10-8-23-17(21)24-9-10)19(3,4)16(18)27-11-5-6-13(22)12(20)7-11/h5-9,15-16H,22H2,1-4H3,(H,25,26). The summed E-state index contributed by atoms with van der Waals surface area (Å²) in [6.07, 6.45) is 2.69. The van der Waals surface area contributed by atoms with Gasteiger partial charge in [-0.2, -0.15) is 0 Å². The van der Waals surface area contributed by atoms with Crippen molar-refractivity contribution in [3.05, 3.63) is 46.5 Å². The van der Waals surface area contributed by atoms with Gasteiger partial charge in [-0.1, -0.05) is 39.3 Å². The van der Waals surface area contributed by atoms with Gasteiger partial charge >= 0.3 is 0 Å². The largest absolute Gasteiger partial charge is 0.489 e. The second kappa shape index (κ2) is 6.84. The Kier molecular flexibility index (Phi) is 4.99. The van der Waals surface area contributed by atoms with Crippen LogP contribution in [0.4, 0.5) is 5.69 Å². The summed E-state index contributed by atoms with van der Waals surface area (Å²) in [5.41, 5.74) is 6.02. The van der Waals surface area contributed by atoms with E-state index in [2.05, 4.69) is 43.0 Å². The molecule has 0 saturated heterocycles. The summed E-state index contributed by atoms with van der Waals surface area (Å²) in [6, 6.07) is 5.11. The lowest BCUT2D eigenvalue weighted by Crippen LogP contribution is -2.74. The van der Waals surface area contributed by atoms with E-state index < -0.39 is 0 Å². The lowest BCUT2D eigenvalue weighted by molar-refractivity contribution is -0.164. The molecule has 2 aromatic rings. The van der Waals surface area contributed by atoms with Crippen LogP contribution in [0.25, 0.3) is 0 Å². The van der Waals surface area contributed by atoms with Gasteiger partial charge in [0.05, 0.1) is 16.3 Å². The lowest BCUT2D eigenvalue weighted by atomic mass is 9.49. The quantitative estimate of drug-likeness (QED) is 0.589. The first kappa shape index (κ1) is 19.7. The number of nitrogens with zero attached hydrogens (tertiary/aromatic N) is 2. The molecule has 8 heteroatoms. The monoisotopic (exact) mass is 408 g/mol. The van der Waals surface area contributed by atoms with Gasteiger partial charge in [0.25, 0.3) is 5.91 Å². The maximum absolute atomic E-state index is 12.6. The smallest absolute Gasteiger partial charge is 0.254 e. The first-order valence-electron chi connectivity index (χ1n) is 8.53. The molecule has 144 valence electrons. The Labute approximate surface area is 168 Å². The normalized spacial score (nSPS) is 22.6. The minimum absolute atomic E-state index is 0.103. The Morgan fingerprint density at radius 3 is 2.30 bits per heavy atom. The van der Waals surface area contributed by atoms with Crippen molar-refractivity contribution in [3.63, 3.8) is 0 Å². The van der Waals surface area contributed by atoms with Gasteiger partial charge in [0, 0.05) is 35.3 Å². The third-order valence-electron chi connectivity index (χ3n) is 5.22. The number of carbonyl (C=O) groups excluding carboxylic acids is 1. The molecule has 3 N–H and O–H groups in total. The Bertz CT molecular complexity index is 853. The summed E-state index contributed by atoms with van der Waals surface area (Å²) in [6.45, 7) is 8.24. The van der Waals surface area contributed by atoms with Crippen LogP contribution < -0.4 is 15.8 Å². The minimum Gasteiger partial charge on any atom is -0.489 e. The number of benzene rings is 1. The number of anilines is 1. The van der Waals surface area contributed by atoms with Crippen LogP contribution in [-0.2, 0) is 0 Å². The number of carbonyl (C=O) groups is 1. The molecule has 6 nitrogen and oxygen atoms in total. The van der Waals surface area contributed by atoms with E-state index in [0.29, 0.717) is 22.0 Å². The highest BCUT2D eigenvalue weighted by molar-refractivity contribution is 6.33. The maximum Gasteiger partial charge on any atom is 0.254 e. The number of nitrogens with two attached hydrogens (primary N) is 1. The van der Waals surface area contributed by atoms with E-state index in [9.17, 15) is 4.79 Å². The maximum atomic E-state index is 12.6. The Morgan fingerprint density at radius 2 is 1.74 bits per heavy atom. The van der Waals surface area contributed by atoms with Gasteiger partial charge in [-0.05, 0) is 23.7 Å². The number of amides is 1. The second-order valence-electron chi connectivity index (χ2n) is 7.97. The van der Waals surface area contributed by atoms with E-state index in [1.165, 1.54) is 12.4 Å². The number of hydrogen-bond acceptors (Lipinski definition) is 5. The summed E-state index contributed by atoms with van der Waals surface area (Å²) in [7, 11) is 0. The molecule has 1 heterocycles. The first-order valence-corrected chi connectivity index (χ1v) is 9.29. The summed E-state index contributed by atoms with van der Waals surface area (Å²) >= 11 is 11.8. The van der Waals surface area contributed by atoms with Gasteiger partial charge in [0.15, 0.2) is 0 Å². The van der Waals surface area contributed by atoms with Crippen molar-refractivity contribution >= 4 is 34.8 Å². The predicted octanol–water partition coefficient (Wildman–Crippen LogP) is 3.98. The average Bonchev–Trinajstić information content (AvgIpc) is 2.60. The number of halogens is 2. The molecule has 0 aliphatic heterocycles. The Morgan fingerprint density at radius 1 is 1.15 bits per heavy atom. The van der Waals surface area contributed by atoms with Crippen molar-refractivity contribution in [2.24, 2.45) is 10.8 Å². The Balaban J connectivity index is 1.76. The fourth-order valence-corrected chi connectivity index (χ4v) is 4.43. The molecule has 1 saturated carbocycles. The van der Waals surface area contributed by atoms with E-state index >= 15 is 0 Å². The van der Waals surface area contributed by atoms with Gasteiger partial charge < -0.3 is 15.8 Å². The fraction of sp³-hybridized carbons (Fsp3) is 0.421. The molecule has 0 radical (unpaired) electrons. The minimum atomic E-state index is -0.305. The van der Waals surface area contributed by atoms with E-state index in [-0.39, 0.29) is 34.2 Å². The van der Waals surface area contributed by atoms with Gasteiger partial charge in [0.2, 0.25) is 5.28 Å². The zero-order chi connectivity index (χ0) is 20.0. The topological polar surface area (TPSA) is 90.1 Å². The molecule has 3 rings (SSSR count). The number of ether oxygens (including phenoxy) is 1. The number of nitrogens with one attached hydrogen (secondary N) is 1. The molecule has 27 heavy (non-hydrogen) atoms. The van der Waals surface area contributed by atoms with E-state index in [1.807, 2.05) is 0 Å². The number of hydrogen-bond donors (Lipinski definition) is 2. The van der Waals surface area contributed by atoms with Crippen molar-refractivity contribution in [3.8, 4) is 5.75 Å². The molecule has 1 fully saturated rings. The van der Waals surface area contributed by atoms with Crippen LogP contribution in [0.5, 0.6) is 5.75 Å². The van der Waals surface area contributed by atoms with Crippen LogP contribution in [0, 0.1) is 10.8 Å². The van der Waals surface area contributed by atoms with Crippen molar-refractivity contribution in [1.82, 2.24) is 15.3 Å². The second-order valence-corrected chi connectivity index (χ2v) is 8.72. The van der Waals surface area contributed by atoms with E-state index in [4.69, 9.17) is 33.7 Å². The van der Waals surface area contributed by atoms with Crippen molar-refractivity contribution in [1.29, 1.82) is 0 Å². The molecular formula is C19H22Cl2N4O2. The number of rotatable bonds is 4. The highest BCUT2D eigenvalue weighted by Gasteiger charge is 2.64. The molecular weight excluding hydrogens is 387 g/mol. The molecule has 0 unspecified atom stereocenters. The Hall–Kier alpha value is -2.05. The summed E-state index contributed by atoms with van der Waals surface area (Å²) in [5.74, 6) is 0.406. The van der Waals surface area contributed by atoms with E-state index in [1.54, 1.807) is 18.2 Å². The molecule has 1 aliphatic rings. The SMILES string of the molecule is CC1(C)C(NC(=O)c2cnc(Cl)nc2)C(C)(C)C1Oc1ccc(N)c(Cl)c1. The lowest BCUT2D eigenvalue weighted by Gasteiger charge is -2.63. The summed E-state index contributed by atoms with van der Waals surface area (Å²) in [5, 5.41) is 3.64. The molecule has 1 amide bonds. The zero-order valence-corrected chi connectivity index (χ0v) is 17.1. The van der Waals surface area contributed by atoms with Gasteiger partial charge in [0.1, 0.15) is 11.9 Å². The van der Waals surface area contributed by atoms with Crippen molar-refractivity contribution < 1.29 is 9.53 Å². The number of nitrogen functional groups attached to an aromatic ring is 1. The summed E-state index contributed by atoms with van der Waals surface area (Å²) < 4.78 is 6.22. The zero-order valence-electron chi connectivity index (χ0n) is 15.6. The number of aromatic nitrogens is 2. The van der Waals surface area contributed by atoms with Crippen LogP contribution in [0.3, 0.4) is 0 Å². The van der Waals surface area contributed by atoms with Gasteiger partial charge in [-0.15, -0.1) is 0 Å². The third kappa shape index (κ3) is 3.56.